The number of aromatic hydroxyl groups is 1. The number of anilines is 2. The number of aromatic nitrogens is 1. The first kappa shape index (κ1) is 15.8. The van der Waals surface area contributed by atoms with Gasteiger partial charge in [0.15, 0.2) is 17.7 Å². The Hall–Kier alpha value is -3.09. The largest absolute Gasteiger partial charge is 0.504 e. The monoisotopic (exact) mass is 327 g/mol. The summed E-state index contributed by atoms with van der Waals surface area (Å²) in [6.07, 6.45) is 0.949. The summed E-state index contributed by atoms with van der Waals surface area (Å²) in [4.78, 5) is 29.8. The third kappa shape index (κ3) is 3.15. The number of ether oxygens (including phenoxy) is 1. The number of nitrogens with zero attached hydrogens (tertiary/aromatic N) is 2. The molecule has 0 radical (unpaired) electrons. The van der Waals surface area contributed by atoms with Crippen molar-refractivity contribution in [2.45, 2.75) is 19.4 Å². The van der Waals surface area contributed by atoms with E-state index in [4.69, 9.17) is 4.74 Å². The van der Waals surface area contributed by atoms with E-state index in [0.717, 1.165) is 0 Å². The van der Waals surface area contributed by atoms with Crippen LogP contribution < -0.4 is 15.0 Å². The maximum atomic E-state index is 12.3. The number of amides is 2. The highest BCUT2D eigenvalue weighted by molar-refractivity contribution is 6.00. The molecule has 0 saturated heterocycles. The van der Waals surface area contributed by atoms with Crippen molar-refractivity contribution in [3.05, 3.63) is 42.6 Å². The van der Waals surface area contributed by atoms with Crippen LogP contribution in [0, 0.1) is 0 Å². The van der Waals surface area contributed by atoms with E-state index < -0.39 is 6.10 Å². The zero-order valence-electron chi connectivity index (χ0n) is 13.1. The first-order chi connectivity index (χ1) is 11.6. The number of benzene rings is 1. The summed E-state index contributed by atoms with van der Waals surface area (Å²) in [6.45, 7) is 1.89. The molecule has 1 aliphatic rings. The lowest BCUT2D eigenvalue weighted by molar-refractivity contribution is -0.125. The minimum absolute atomic E-state index is 0.0722. The van der Waals surface area contributed by atoms with Gasteiger partial charge >= 0.3 is 0 Å². The van der Waals surface area contributed by atoms with Crippen LogP contribution in [0.5, 0.6) is 11.5 Å². The Morgan fingerprint density at radius 2 is 2.12 bits per heavy atom. The lowest BCUT2D eigenvalue weighted by atomic mass is 10.1. The van der Waals surface area contributed by atoms with Crippen LogP contribution in [-0.4, -0.2) is 34.6 Å². The predicted molar refractivity (Wildman–Crippen MR) is 88.0 cm³/mol. The Morgan fingerprint density at radius 3 is 2.92 bits per heavy atom. The summed E-state index contributed by atoms with van der Waals surface area (Å²) in [5.74, 6) is 0.0832. The number of hydrogen-bond acceptors (Lipinski definition) is 5. The first-order valence-electron chi connectivity index (χ1n) is 7.57. The summed E-state index contributed by atoms with van der Waals surface area (Å²) < 4.78 is 5.56. The van der Waals surface area contributed by atoms with Gasteiger partial charge in [-0.2, -0.15) is 0 Å². The molecule has 0 fully saturated rings. The van der Waals surface area contributed by atoms with E-state index in [1.54, 1.807) is 30.0 Å². The molecule has 1 atom stereocenters. The molecule has 2 heterocycles. The first-order valence-corrected chi connectivity index (χ1v) is 7.57. The maximum Gasteiger partial charge on any atom is 0.267 e. The summed E-state index contributed by atoms with van der Waals surface area (Å²) in [5, 5.41) is 12.2. The Kier molecular flexibility index (Phi) is 4.33. The molecule has 1 unspecified atom stereocenters. The predicted octanol–water partition coefficient (Wildman–Crippen LogP) is 1.93. The zero-order valence-corrected chi connectivity index (χ0v) is 13.1. The summed E-state index contributed by atoms with van der Waals surface area (Å²) in [6, 6.07) is 10.2. The number of pyridine rings is 1. The van der Waals surface area contributed by atoms with E-state index in [9.17, 15) is 14.7 Å². The highest BCUT2D eigenvalue weighted by Crippen LogP contribution is 2.33. The normalized spacial score (nSPS) is 16.3. The molecule has 2 amide bonds. The number of nitrogens with one attached hydrogen (secondary N) is 1. The second-order valence-electron chi connectivity index (χ2n) is 5.39. The van der Waals surface area contributed by atoms with Crippen molar-refractivity contribution in [2.24, 2.45) is 0 Å². The Morgan fingerprint density at radius 1 is 1.33 bits per heavy atom. The lowest BCUT2D eigenvalue weighted by Gasteiger charge is -2.32. The van der Waals surface area contributed by atoms with Gasteiger partial charge in [-0.3, -0.25) is 9.59 Å². The van der Waals surface area contributed by atoms with Crippen LogP contribution >= 0.6 is 0 Å². The molecule has 24 heavy (non-hydrogen) atoms. The van der Waals surface area contributed by atoms with Crippen molar-refractivity contribution >= 4 is 23.3 Å². The van der Waals surface area contributed by atoms with E-state index >= 15 is 0 Å². The highest BCUT2D eigenvalue weighted by atomic mass is 16.5. The van der Waals surface area contributed by atoms with Gasteiger partial charge in [0.25, 0.3) is 5.91 Å². The van der Waals surface area contributed by atoms with Crippen molar-refractivity contribution in [3.8, 4) is 11.5 Å². The van der Waals surface area contributed by atoms with E-state index in [-0.39, 0.29) is 36.3 Å². The van der Waals surface area contributed by atoms with Gasteiger partial charge in [-0.15, -0.1) is 0 Å². The summed E-state index contributed by atoms with van der Waals surface area (Å²) in [7, 11) is 0. The van der Waals surface area contributed by atoms with Crippen molar-refractivity contribution in [1.82, 2.24) is 4.98 Å². The number of hydrogen-bond donors (Lipinski definition) is 2. The van der Waals surface area contributed by atoms with Crippen LogP contribution in [0.2, 0.25) is 0 Å². The minimum Gasteiger partial charge on any atom is -0.504 e. The molecule has 2 N–H and O–H groups in total. The SMILES string of the molecule is CC1Oc2ccccc2N(CCC(=O)Nc2ncccc2O)C1=O. The average molecular weight is 327 g/mol. The average Bonchev–Trinajstić information content (AvgIpc) is 2.57. The molecule has 3 rings (SSSR count). The Labute approximate surface area is 138 Å². The maximum absolute atomic E-state index is 12.3. The quantitative estimate of drug-likeness (QED) is 0.895. The number of rotatable bonds is 4. The molecular weight excluding hydrogens is 310 g/mol. The number of para-hydroxylation sites is 2. The topological polar surface area (TPSA) is 91.8 Å². The fraction of sp³-hybridized carbons (Fsp3) is 0.235. The van der Waals surface area contributed by atoms with Gasteiger partial charge < -0.3 is 20.1 Å². The van der Waals surface area contributed by atoms with E-state index in [1.165, 1.54) is 12.3 Å². The van der Waals surface area contributed by atoms with Gasteiger partial charge in [-0.05, 0) is 31.2 Å². The minimum atomic E-state index is -0.595. The molecule has 1 aliphatic heterocycles. The number of carbonyl (C=O) groups excluding carboxylic acids is 2. The molecule has 7 nitrogen and oxygen atoms in total. The second-order valence-corrected chi connectivity index (χ2v) is 5.39. The van der Waals surface area contributed by atoms with Gasteiger partial charge in [-0.25, -0.2) is 4.98 Å². The zero-order chi connectivity index (χ0) is 17.1. The molecule has 0 aliphatic carbocycles. The summed E-state index contributed by atoms with van der Waals surface area (Å²) >= 11 is 0. The van der Waals surface area contributed by atoms with Crippen LogP contribution in [0.1, 0.15) is 13.3 Å². The summed E-state index contributed by atoms with van der Waals surface area (Å²) in [5.41, 5.74) is 0.647. The van der Waals surface area contributed by atoms with E-state index in [1.807, 2.05) is 12.1 Å². The van der Waals surface area contributed by atoms with Crippen molar-refractivity contribution in [3.63, 3.8) is 0 Å². The molecule has 0 saturated carbocycles. The van der Waals surface area contributed by atoms with E-state index in [0.29, 0.717) is 11.4 Å². The highest BCUT2D eigenvalue weighted by Gasteiger charge is 2.31. The van der Waals surface area contributed by atoms with Crippen LogP contribution in [-0.2, 0) is 9.59 Å². The van der Waals surface area contributed by atoms with Gasteiger partial charge in [0.2, 0.25) is 5.91 Å². The second kappa shape index (κ2) is 6.57. The van der Waals surface area contributed by atoms with Crippen LogP contribution in [0.3, 0.4) is 0 Å². The number of carbonyl (C=O) groups is 2. The van der Waals surface area contributed by atoms with Gasteiger partial charge in [0.1, 0.15) is 5.75 Å². The third-order valence-corrected chi connectivity index (χ3v) is 3.68. The smallest absolute Gasteiger partial charge is 0.267 e. The number of fused-ring (bicyclic) bond motifs is 1. The Balaban J connectivity index is 1.68. The fourth-order valence-electron chi connectivity index (χ4n) is 2.49. The van der Waals surface area contributed by atoms with Crippen LogP contribution in [0.4, 0.5) is 11.5 Å². The van der Waals surface area contributed by atoms with Crippen molar-refractivity contribution in [2.75, 3.05) is 16.8 Å². The van der Waals surface area contributed by atoms with E-state index in [2.05, 4.69) is 10.3 Å². The van der Waals surface area contributed by atoms with Gasteiger partial charge in [0.05, 0.1) is 5.69 Å². The standard InChI is InChI=1S/C17H17N3O4/c1-11-17(23)20(12-5-2-3-7-14(12)24-11)10-8-15(22)19-16-13(21)6-4-9-18-16/h2-7,9,11,21H,8,10H2,1H3,(H,18,19,22). The van der Waals surface area contributed by atoms with Gasteiger partial charge in [0, 0.05) is 19.2 Å². The van der Waals surface area contributed by atoms with Crippen molar-refractivity contribution < 1.29 is 19.4 Å². The third-order valence-electron chi connectivity index (χ3n) is 3.68. The van der Waals surface area contributed by atoms with Crippen LogP contribution in [0.15, 0.2) is 42.6 Å². The molecule has 0 bridgehead atoms. The molecule has 0 spiro atoms. The van der Waals surface area contributed by atoms with Crippen LogP contribution in [0.25, 0.3) is 0 Å². The molecule has 124 valence electrons. The van der Waals surface area contributed by atoms with Crippen molar-refractivity contribution in [1.29, 1.82) is 0 Å². The molecular formula is C17H17N3O4. The lowest BCUT2D eigenvalue weighted by Crippen LogP contribution is -2.45. The molecule has 7 heteroatoms. The Bertz CT molecular complexity index is 778. The molecule has 2 aromatic rings. The van der Waals surface area contributed by atoms with Gasteiger partial charge in [-0.1, -0.05) is 12.1 Å². The fourth-order valence-corrected chi connectivity index (χ4v) is 2.49. The molecule has 1 aromatic carbocycles. The molecule has 1 aromatic heterocycles.